The number of hydrogen-bond acceptors (Lipinski definition) is 2. The number of halogens is 1. The molecular weight excluding hydrogens is 351 g/mol. The summed E-state index contributed by atoms with van der Waals surface area (Å²) in [6.07, 6.45) is 2.66. The predicted molar refractivity (Wildman–Crippen MR) is 110 cm³/mol. The smallest absolute Gasteiger partial charge is 0.261 e. The summed E-state index contributed by atoms with van der Waals surface area (Å²) in [5, 5.41) is 9.52. The molecule has 142 valence electrons. The molecule has 1 aromatic heterocycles. The minimum absolute atomic E-state index is 0.184. The minimum Gasteiger partial charge on any atom is -0.280 e. The number of hydrogen-bond donors (Lipinski definition) is 0. The molecule has 0 aliphatic heterocycles. The average Bonchev–Trinajstić information content (AvgIpc) is 2.72. The summed E-state index contributed by atoms with van der Waals surface area (Å²) in [6, 6.07) is 19.0. The van der Waals surface area contributed by atoms with Gasteiger partial charge in [0, 0.05) is 16.8 Å². The maximum atomic E-state index is 13.6. The van der Waals surface area contributed by atoms with Crippen molar-refractivity contribution in [3.8, 4) is 22.9 Å². The van der Waals surface area contributed by atoms with Crippen molar-refractivity contribution in [3.63, 3.8) is 0 Å². The van der Waals surface area contributed by atoms with E-state index in [2.05, 4.69) is 13.0 Å². The second kappa shape index (κ2) is 8.67. The number of nitriles is 1. The molecule has 0 aliphatic carbocycles. The van der Waals surface area contributed by atoms with Crippen LogP contribution < -0.4 is 5.56 Å². The Labute approximate surface area is 164 Å². The standard InChI is InChI=1S/C24H23FN2O/c1-3-4-10-19-14-17(2)22(15-25)24(28)27(19)23-13-8-7-12-21(23)20-11-6-5-9-18(20)16-26/h5-9,11-14H,3-4,10,15H2,1-2H3. The quantitative estimate of drug-likeness (QED) is 0.572. The molecule has 0 unspecified atom stereocenters. The number of nitrogens with zero attached hydrogens (tertiary/aromatic N) is 2. The van der Waals surface area contributed by atoms with Gasteiger partial charge in [-0.25, -0.2) is 4.39 Å². The highest BCUT2D eigenvalue weighted by atomic mass is 19.1. The van der Waals surface area contributed by atoms with Gasteiger partial charge in [-0.2, -0.15) is 5.26 Å². The minimum atomic E-state index is -0.796. The first-order valence-corrected chi connectivity index (χ1v) is 9.51. The van der Waals surface area contributed by atoms with Crippen molar-refractivity contribution in [2.24, 2.45) is 0 Å². The Bertz CT molecular complexity index is 1090. The molecule has 3 aromatic rings. The van der Waals surface area contributed by atoms with E-state index < -0.39 is 6.67 Å². The molecule has 3 nitrogen and oxygen atoms in total. The molecule has 0 aliphatic rings. The molecule has 0 saturated carbocycles. The van der Waals surface area contributed by atoms with Crippen LogP contribution in [0.25, 0.3) is 16.8 Å². The van der Waals surface area contributed by atoms with Gasteiger partial charge in [-0.15, -0.1) is 0 Å². The fourth-order valence-electron chi connectivity index (χ4n) is 3.52. The summed E-state index contributed by atoms with van der Waals surface area (Å²) in [5.41, 5.74) is 4.17. The molecule has 0 spiro atoms. The second-order valence-corrected chi connectivity index (χ2v) is 6.85. The van der Waals surface area contributed by atoms with Gasteiger partial charge >= 0.3 is 0 Å². The van der Waals surface area contributed by atoms with Gasteiger partial charge in [0.25, 0.3) is 5.56 Å². The van der Waals surface area contributed by atoms with Crippen LogP contribution in [0.4, 0.5) is 4.39 Å². The van der Waals surface area contributed by atoms with Crippen LogP contribution >= 0.6 is 0 Å². The Morgan fingerprint density at radius 1 is 1.07 bits per heavy atom. The molecule has 28 heavy (non-hydrogen) atoms. The van der Waals surface area contributed by atoms with E-state index in [1.165, 1.54) is 0 Å². The number of aromatic nitrogens is 1. The number of para-hydroxylation sites is 1. The molecule has 0 bridgehead atoms. The van der Waals surface area contributed by atoms with E-state index in [9.17, 15) is 14.4 Å². The van der Waals surface area contributed by atoms with E-state index in [1.54, 1.807) is 17.6 Å². The first kappa shape index (κ1) is 19.6. The van der Waals surface area contributed by atoms with Gasteiger partial charge in [-0.3, -0.25) is 9.36 Å². The zero-order valence-electron chi connectivity index (χ0n) is 16.2. The monoisotopic (exact) mass is 374 g/mol. The van der Waals surface area contributed by atoms with Gasteiger partial charge in [0.15, 0.2) is 0 Å². The summed E-state index contributed by atoms with van der Waals surface area (Å²) in [6.45, 7) is 3.09. The average molecular weight is 374 g/mol. The lowest BCUT2D eigenvalue weighted by atomic mass is 9.97. The van der Waals surface area contributed by atoms with E-state index in [0.29, 0.717) is 16.8 Å². The highest BCUT2D eigenvalue weighted by Gasteiger charge is 2.17. The Kier molecular flexibility index (Phi) is 6.06. The van der Waals surface area contributed by atoms with Crippen LogP contribution in [0, 0.1) is 18.3 Å². The normalized spacial score (nSPS) is 10.6. The molecule has 0 N–H and O–H groups in total. The van der Waals surface area contributed by atoms with Gasteiger partial charge in [0.05, 0.1) is 22.9 Å². The van der Waals surface area contributed by atoms with Crippen molar-refractivity contribution in [1.82, 2.24) is 4.57 Å². The highest BCUT2D eigenvalue weighted by molar-refractivity contribution is 5.77. The predicted octanol–water partition coefficient (Wildman–Crippen LogP) is 5.50. The number of pyridine rings is 1. The fourth-order valence-corrected chi connectivity index (χ4v) is 3.52. The summed E-state index contributed by atoms with van der Waals surface area (Å²) < 4.78 is 15.2. The molecule has 2 aromatic carbocycles. The molecule has 0 radical (unpaired) electrons. The van der Waals surface area contributed by atoms with Gasteiger partial charge < -0.3 is 0 Å². The van der Waals surface area contributed by atoms with E-state index >= 15 is 0 Å². The number of unbranched alkanes of at least 4 members (excludes halogenated alkanes) is 1. The Balaban J connectivity index is 2.34. The van der Waals surface area contributed by atoms with Gasteiger partial charge in [0.1, 0.15) is 6.67 Å². The van der Waals surface area contributed by atoms with E-state index in [4.69, 9.17) is 0 Å². The first-order chi connectivity index (χ1) is 13.6. The molecular formula is C24H23FN2O. The summed E-state index contributed by atoms with van der Waals surface area (Å²) >= 11 is 0. The highest BCUT2D eigenvalue weighted by Crippen LogP contribution is 2.30. The van der Waals surface area contributed by atoms with Crippen LogP contribution in [-0.4, -0.2) is 4.57 Å². The Hall–Kier alpha value is -3.19. The van der Waals surface area contributed by atoms with Gasteiger partial charge in [-0.1, -0.05) is 49.7 Å². The second-order valence-electron chi connectivity index (χ2n) is 6.85. The van der Waals surface area contributed by atoms with Crippen molar-refractivity contribution in [3.05, 3.63) is 87.3 Å². The van der Waals surface area contributed by atoms with Crippen LogP contribution in [0.15, 0.2) is 59.4 Å². The van der Waals surface area contributed by atoms with Gasteiger partial charge in [-0.05, 0) is 43.5 Å². The molecule has 1 heterocycles. The number of benzene rings is 2. The summed E-state index contributed by atoms with van der Waals surface area (Å²) in [7, 11) is 0. The van der Waals surface area contributed by atoms with Crippen LogP contribution in [0.1, 0.15) is 42.1 Å². The van der Waals surface area contributed by atoms with Crippen molar-refractivity contribution in [1.29, 1.82) is 5.26 Å². The van der Waals surface area contributed by atoms with Crippen molar-refractivity contribution >= 4 is 0 Å². The zero-order valence-corrected chi connectivity index (χ0v) is 16.2. The number of rotatable bonds is 6. The molecule has 0 fully saturated rings. The maximum Gasteiger partial charge on any atom is 0.261 e. The number of aryl methyl sites for hydroxylation is 2. The molecule has 0 atom stereocenters. The zero-order chi connectivity index (χ0) is 20.1. The van der Waals surface area contributed by atoms with E-state index in [0.717, 1.165) is 36.1 Å². The molecule has 0 amide bonds. The summed E-state index contributed by atoms with van der Waals surface area (Å²) in [4.78, 5) is 13.2. The first-order valence-electron chi connectivity index (χ1n) is 9.51. The van der Waals surface area contributed by atoms with Crippen LogP contribution in [0.2, 0.25) is 0 Å². The van der Waals surface area contributed by atoms with Crippen molar-refractivity contribution in [2.75, 3.05) is 0 Å². The Morgan fingerprint density at radius 3 is 2.43 bits per heavy atom. The lowest BCUT2D eigenvalue weighted by Gasteiger charge is -2.19. The molecule has 0 saturated heterocycles. The third-order valence-electron chi connectivity index (χ3n) is 5.01. The third-order valence-corrected chi connectivity index (χ3v) is 5.01. The van der Waals surface area contributed by atoms with Gasteiger partial charge in [0.2, 0.25) is 0 Å². The molecule has 3 rings (SSSR count). The van der Waals surface area contributed by atoms with E-state index in [-0.39, 0.29) is 11.1 Å². The lowest BCUT2D eigenvalue weighted by molar-refractivity contribution is 0.478. The largest absolute Gasteiger partial charge is 0.280 e. The maximum absolute atomic E-state index is 13.6. The van der Waals surface area contributed by atoms with Crippen molar-refractivity contribution in [2.45, 2.75) is 39.8 Å². The Morgan fingerprint density at radius 2 is 1.75 bits per heavy atom. The van der Waals surface area contributed by atoms with Crippen molar-refractivity contribution < 1.29 is 4.39 Å². The topological polar surface area (TPSA) is 45.8 Å². The SMILES string of the molecule is CCCCc1cc(C)c(CF)c(=O)n1-c1ccccc1-c1ccccc1C#N. The summed E-state index contributed by atoms with van der Waals surface area (Å²) in [5.74, 6) is 0. The van der Waals surface area contributed by atoms with Crippen LogP contribution in [0.5, 0.6) is 0 Å². The van der Waals surface area contributed by atoms with Crippen LogP contribution in [-0.2, 0) is 13.1 Å². The number of alkyl halides is 1. The third kappa shape index (κ3) is 3.61. The fraction of sp³-hybridized carbons (Fsp3) is 0.250. The van der Waals surface area contributed by atoms with Crippen LogP contribution in [0.3, 0.4) is 0 Å². The lowest BCUT2D eigenvalue weighted by Crippen LogP contribution is -2.26. The molecule has 4 heteroatoms. The van der Waals surface area contributed by atoms with E-state index in [1.807, 2.05) is 48.5 Å².